The Morgan fingerprint density at radius 3 is 2.41 bits per heavy atom. The van der Waals surface area contributed by atoms with E-state index >= 15 is 0 Å². The fourth-order valence-electron chi connectivity index (χ4n) is 4.23. The lowest BCUT2D eigenvalue weighted by Crippen LogP contribution is -2.31. The van der Waals surface area contributed by atoms with Crippen molar-refractivity contribution >= 4 is 17.4 Å². The van der Waals surface area contributed by atoms with Gasteiger partial charge in [0.15, 0.2) is 0 Å². The van der Waals surface area contributed by atoms with Crippen LogP contribution in [0, 0.1) is 0 Å². The van der Waals surface area contributed by atoms with Crippen molar-refractivity contribution in [3.63, 3.8) is 0 Å². The van der Waals surface area contributed by atoms with E-state index < -0.39 is 17.7 Å². The van der Waals surface area contributed by atoms with Crippen molar-refractivity contribution in [3.8, 4) is 17.2 Å². The fourth-order valence-corrected chi connectivity index (χ4v) is 4.23. The highest BCUT2D eigenvalue weighted by molar-refractivity contribution is 6.46. The van der Waals surface area contributed by atoms with Crippen LogP contribution in [0.5, 0.6) is 17.2 Å². The molecule has 3 aromatic rings. The van der Waals surface area contributed by atoms with Gasteiger partial charge in [0.2, 0.25) is 0 Å². The number of likely N-dealkylation sites (tertiary alicyclic amines) is 1. The molecular formula is C30H29NO6. The number of amides is 1. The molecule has 1 fully saturated rings. The Balaban J connectivity index is 1.74. The molecular weight excluding hydrogens is 470 g/mol. The first-order valence-corrected chi connectivity index (χ1v) is 12.0. The van der Waals surface area contributed by atoms with E-state index in [1.807, 2.05) is 36.4 Å². The molecule has 1 heterocycles. The van der Waals surface area contributed by atoms with Crippen molar-refractivity contribution < 1.29 is 28.9 Å². The molecule has 1 aliphatic heterocycles. The Morgan fingerprint density at radius 1 is 0.973 bits per heavy atom. The van der Waals surface area contributed by atoms with Gasteiger partial charge < -0.3 is 24.2 Å². The second-order valence-electron chi connectivity index (χ2n) is 8.45. The number of Topliss-reactive ketones (excluding diaryl/α,β-unsaturated/α-hetero) is 1. The van der Waals surface area contributed by atoms with Crippen LogP contribution in [-0.2, 0) is 14.3 Å². The summed E-state index contributed by atoms with van der Waals surface area (Å²) in [6.07, 6.45) is 2.17. The standard InChI is InChI=1S/C30H29NO6/c1-3-18-36-23-15-13-21(14-16-23)28(32)26-27(31(17-8-19-35-2)30(34)29(26)33)22-9-7-12-25(20-22)37-24-10-5-4-6-11-24/h3-7,9-16,20,27,32H,1,8,17-19H2,2H3/t27-/m0/s1. The molecule has 1 N–H and O–H groups in total. The minimum Gasteiger partial charge on any atom is -0.507 e. The summed E-state index contributed by atoms with van der Waals surface area (Å²) in [5, 5.41) is 11.3. The number of rotatable bonds is 11. The fraction of sp³-hybridized carbons (Fsp3) is 0.200. The van der Waals surface area contributed by atoms with Gasteiger partial charge >= 0.3 is 0 Å². The van der Waals surface area contributed by atoms with Gasteiger partial charge in [-0.2, -0.15) is 0 Å². The zero-order chi connectivity index (χ0) is 26.2. The molecule has 0 spiro atoms. The molecule has 1 atom stereocenters. The Kier molecular flexibility index (Phi) is 8.38. The monoisotopic (exact) mass is 499 g/mol. The first-order chi connectivity index (χ1) is 18.0. The van der Waals surface area contributed by atoms with Crippen LogP contribution in [0.25, 0.3) is 5.76 Å². The molecule has 4 rings (SSSR count). The third-order valence-electron chi connectivity index (χ3n) is 5.94. The van der Waals surface area contributed by atoms with Gasteiger partial charge in [0.25, 0.3) is 11.7 Å². The molecule has 7 nitrogen and oxygen atoms in total. The van der Waals surface area contributed by atoms with Crippen molar-refractivity contribution in [3.05, 3.63) is 108 Å². The highest BCUT2D eigenvalue weighted by atomic mass is 16.5. The molecule has 0 aliphatic carbocycles. The van der Waals surface area contributed by atoms with E-state index in [1.54, 1.807) is 55.7 Å². The first kappa shape index (κ1) is 25.7. The normalized spacial score (nSPS) is 16.6. The molecule has 7 heteroatoms. The molecule has 0 aromatic heterocycles. The zero-order valence-electron chi connectivity index (χ0n) is 20.6. The van der Waals surface area contributed by atoms with E-state index in [0.29, 0.717) is 48.0 Å². The van der Waals surface area contributed by atoms with E-state index in [-0.39, 0.29) is 17.9 Å². The predicted octanol–water partition coefficient (Wildman–Crippen LogP) is 5.50. The van der Waals surface area contributed by atoms with Gasteiger partial charge in [0.1, 0.15) is 29.6 Å². The highest BCUT2D eigenvalue weighted by Crippen LogP contribution is 2.40. The van der Waals surface area contributed by atoms with Gasteiger partial charge in [-0.15, -0.1) is 0 Å². The van der Waals surface area contributed by atoms with Crippen molar-refractivity contribution in [2.45, 2.75) is 12.5 Å². The number of carbonyl (C=O) groups is 2. The van der Waals surface area contributed by atoms with E-state index in [9.17, 15) is 14.7 Å². The number of benzene rings is 3. The molecule has 3 aromatic carbocycles. The van der Waals surface area contributed by atoms with E-state index in [4.69, 9.17) is 14.2 Å². The molecule has 37 heavy (non-hydrogen) atoms. The number of aliphatic hydroxyl groups excluding tert-OH is 1. The lowest BCUT2D eigenvalue weighted by atomic mass is 9.95. The maximum Gasteiger partial charge on any atom is 0.295 e. The topological polar surface area (TPSA) is 85.3 Å². The lowest BCUT2D eigenvalue weighted by Gasteiger charge is -2.25. The maximum absolute atomic E-state index is 13.2. The third kappa shape index (κ3) is 5.90. The van der Waals surface area contributed by atoms with Gasteiger partial charge in [0.05, 0.1) is 11.6 Å². The average Bonchev–Trinajstić information content (AvgIpc) is 3.18. The van der Waals surface area contributed by atoms with E-state index in [1.165, 1.54) is 4.90 Å². The number of ketones is 1. The smallest absolute Gasteiger partial charge is 0.295 e. The quantitative estimate of drug-likeness (QED) is 0.123. The Hall–Kier alpha value is -4.36. The Labute approximate surface area is 216 Å². The molecule has 0 radical (unpaired) electrons. The van der Waals surface area contributed by atoms with Gasteiger partial charge in [-0.25, -0.2) is 0 Å². The summed E-state index contributed by atoms with van der Waals surface area (Å²) < 4.78 is 16.6. The summed E-state index contributed by atoms with van der Waals surface area (Å²) in [6.45, 7) is 4.69. The van der Waals surface area contributed by atoms with Gasteiger partial charge in [0, 0.05) is 25.8 Å². The number of carbonyl (C=O) groups excluding carboxylic acids is 2. The molecule has 0 bridgehead atoms. The van der Waals surface area contributed by atoms with Crippen LogP contribution >= 0.6 is 0 Å². The molecule has 1 amide bonds. The zero-order valence-corrected chi connectivity index (χ0v) is 20.6. The van der Waals surface area contributed by atoms with Gasteiger partial charge in [-0.05, 0) is 60.5 Å². The second-order valence-corrected chi connectivity index (χ2v) is 8.45. The highest BCUT2D eigenvalue weighted by Gasteiger charge is 2.45. The number of hydrogen-bond donors (Lipinski definition) is 1. The SMILES string of the molecule is C=CCOc1ccc(C(O)=C2C(=O)C(=O)N(CCCOC)[C@H]2c2cccc(Oc3ccccc3)c2)cc1. The number of para-hydroxylation sites is 1. The van der Waals surface area contributed by atoms with Gasteiger partial charge in [-0.3, -0.25) is 9.59 Å². The second kappa shape index (κ2) is 12.1. The van der Waals surface area contributed by atoms with Crippen molar-refractivity contribution in [1.82, 2.24) is 4.90 Å². The van der Waals surface area contributed by atoms with Crippen LogP contribution in [0.1, 0.15) is 23.6 Å². The van der Waals surface area contributed by atoms with E-state index in [0.717, 1.165) is 0 Å². The van der Waals surface area contributed by atoms with Crippen LogP contribution in [0.3, 0.4) is 0 Å². The summed E-state index contributed by atoms with van der Waals surface area (Å²) >= 11 is 0. The molecule has 0 unspecified atom stereocenters. The molecule has 1 saturated heterocycles. The molecule has 0 saturated carbocycles. The third-order valence-corrected chi connectivity index (χ3v) is 5.94. The van der Waals surface area contributed by atoms with Crippen molar-refractivity contribution in [2.24, 2.45) is 0 Å². The summed E-state index contributed by atoms with van der Waals surface area (Å²) in [5.41, 5.74) is 1.08. The lowest BCUT2D eigenvalue weighted by molar-refractivity contribution is -0.140. The number of methoxy groups -OCH3 is 1. The van der Waals surface area contributed by atoms with E-state index in [2.05, 4.69) is 6.58 Å². The largest absolute Gasteiger partial charge is 0.507 e. The number of ether oxygens (including phenoxy) is 3. The van der Waals surface area contributed by atoms with Crippen LogP contribution in [0.4, 0.5) is 0 Å². The van der Waals surface area contributed by atoms with Crippen LogP contribution in [-0.4, -0.2) is 48.6 Å². The predicted molar refractivity (Wildman–Crippen MR) is 141 cm³/mol. The maximum atomic E-state index is 13.2. The van der Waals surface area contributed by atoms with Crippen LogP contribution < -0.4 is 9.47 Å². The average molecular weight is 500 g/mol. The molecule has 1 aliphatic rings. The summed E-state index contributed by atoms with van der Waals surface area (Å²) in [4.78, 5) is 27.8. The number of aliphatic hydroxyl groups is 1. The number of nitrogens with zero attached hydrogens (tertiary/aromatic N) is 1. The van der Waals surface area contributed by atoms with Crippen LogP contribution in [0.15, 0.2) is 97.1 Å². The van der Waals surface area contributed by atoms with Gasteiger partial charge in [-0.1, -0.05) is 43.0 Å². The minimum atomic E-state index is -0.784. The summed E-state index contributed by atoms with van der Waals surface area (Å²) in [7, 11) is 1.58. The number of hydrogen-bond acceptors (Lipinski definition) is 6. The van der Waals surface area contributed by atoms with Crippen molar-refractivity contribution in [2.75, 3.05) is 26.9 Å². The Morgan fingerprint density at radius 2 is 1.70 bits per heavy atom. The minimum absolute atomic E-state index is 0.0269. The van der Waals surface area contributed by atoms with Crippen molar-refractivity contribution in [1.29, 1.82) is 0 Å². The first-order valence-electron chi connectivity index (χ1n) is 12.0. The summed E-state index contributed by atoms with van der Waals surface area (Å²) in [6, 6.07) is 22.4. The Bertz CT molecular complexity index is 1280. The summed E-state index contributed by atoms with van der Waals surface area (Å²) in [5.74, 6) is 0.160. The molecule has 190 valence electrons. The van der Waals surface area contributed by atoms with Crippen LogP contribution in [0.2, 0.25) is 0 Å².